The third-order valence-corrected chi connectivity index (χ3v) is 3.27. The predicted molar refractivity (Wildman–Crippen MR) is 69.7 cm³/mol. The van der Waals surface area contributed by atoms with Crippen LogP contribution >= 0.6 is 0 Å². The van der Waals surface area contributed by atoms with Crippen LogP contribution in [0.2, 0.25) is 0 Å². The zero-order chi connectivity index (χ0) is 12.8. The fourth-order valence-electron chi connectivity index (χ4n) is 2.27. The topological polar surface area (TPSA) is 71.2 Å². The van der Waals surface area contributed by atoms with E-state index in [1.54, 1.807) is 0 Å². The fourth-order valence-corrected chi connectivity index (χ4v) is 2.27. The van der Waals surface area contributed by atoms with Crippen molar-refractivity contribution in [1.82, 2.24) is 15.2 Å². The second-order valence-corrected chi connectivity index (χ2v) is 4.72. The molecule has 1 aromatic heterocycles. The highest BCUT2D eigenvalue weighted by atomic mass is 16.1. The number of amides is 1. The molecule has 0 radical (unpaired) electrons. The van der Waals surface area contributed by atoms with Gasteiger partial charge in [-0.3, -0.25) is 14.7 Å². The molecule has 1 amide bonds. The minimum absolute atomic E-state index is 0.241. The third kappa shape index (κ3) is 4.09. The maximum absolute atomic E-state index is 10.8. The molecule has 5 heteroatoms. The van der Waals surface area contributed by atoms with Crippen LogP contribution < -0.4 is 11.1 Å². The highest BCUT2D eigenvalue weighted by Crippen LogP contribution is 2.10. The molecule has 0 unspecified atom stereocenters. The average molecular weight is 248 g/mol. The molecule has 18 heavy (non-hydrogen) atoms. The Morgan fingerprint density at radius 2 is 2.22 bits per heavy atom. The van der Waals surface area contributed by atoms with E-state index < -0.39 is 0 Å². The molecule has 0 aliphatic carbocycles. The SMILES string of the molecule is NC(=O)CN1CCC(NCc2ccccn2)CC1. The number of nitrogens with two attached hydrogens (primary N) is 1. The van der Waals surface area contributed by atoms with E-state index in [-0.39, 0.29) is 5.91 Å². The second kappa shape index (κ2) is 6.47. The van der Waals surface area contributed by atoms with Crippen LogP contribution in [0.15, 0.2) is 24.4 Å². The minimum atomic E-state index is -0.241. The van der Waals surface area contributed by atoms with Crippen molar-refractivity contribution in [2.24, 2.45) is 5.73 Å². The third-order valence-electron chi connectivity index (χ3n) is 3.27. The molecular weight excluding hydrogens is 228 g/mol. The van der Waals surface area contributed by atoms with Crippen LogP contribution in [-0.2, 0) is 11.3 Å². The van der Waals surface area contributed by atoms with Gasteiger partial charge in [0.15, 0.2) is 0 Å². The van der Waals surface area contributed by atoms with Gasteiger partial charge in [-0.1, -0.05) is 6.07 Å². The summed E-state index contributed by atoms with van der Waals surface area (Å²) in [6, 6.07) is 6.46. The number of hydrogen-bond donors (Lipinski definition) is 2. The summed E-state index contributed by atoms with van der Waals surface area (Å²) in [4.78, 5) is 17.2. The summed E-state index contributed by atoms with van der Waals surface area (Å²) >= 11 is 0. The van der Waals surface area contributed by atoms with Gasteiger partial charge in [-0.25, -0.2) is 0 Å². The quantitative estimate of drug-likeness (QED) is 0.776. The Hall–Kier alpha value is -1.46. The fraction of sp³-hybridized carbons (Fsp3) is 0.538. The highest BCUT2D eigenvalue weighted by molar-refractivity contribution is 5.75. The van der Waals surface area contributed by atoms with Crippen molar-refractivity contribution in [1.29, 1.82) is 0 Å². The van der Waals surface area contributed by atoms with Crippen molar-refractivity contribution in [3.8, 4) is 0 Å². The number of piperidine rings is 1. The standard InChI is InChI=1S/C13H20N4O/c14-13(18)10-17-7-4-11(5-8-17)16-9-12-3-1-2-6-15-12/h1-3,6,11,16H,4-5,7-10H2,(H2,14,18). The Labute approximate surface area is 107 Å². The highest BCUT2D eigenvalue weighted by Gasteiger charge is 2.19. The molecule has 0 bridgehead atoms. The molecule has 1 aliphatic rings. The lowest BCUT2D eigenvalue weighted by Gasteiger charge is -2.31. The van der Waals surface area contributed by atoms with Crippen LogP contribution in [0.1, 0.15) is 18.5 Å². The first-order chi connectivity index (χ1) is 8.74. The minimum Gasteiger partial charge on any atom is -0.369 e. The predicted octanol–water partition coefficient (Wildman–Crippen LogP) is 0.121. The molecular formula is C13H20N4O. The maximum Gasteiger partial charge on any atom is 0.231 e. The number of aromatic nitrogens is 1. The summed E-state index contributed by atoms with van der Waals surface area (Å²) < 4.78 is 0. The number of nitrogens with one attached hydrogen (secondary N) is 1. The van der Waals surface area contributed by atoms with Gasteiger partial charge in [-0.05, 0) is 25.0 Å². The van der Waals surface area contributed by atoms with E-state index in [2.05, 4.69) is 15.2 Å². The van der Waals surface area contributed by atoms with Crippen molar-refractivity contribution >= 4 is 5.91 Å². The Morgan fingerprint density at radius 3 is 2.83 bits per heavy atom. The Kier molecular flexibility index (Phi) is 4.66. The monoisotopic (exact) mass is 248 g/mol. The summed E-state index contributed by atoms with van der Waals surface area (Å²) in [6.07, 6.45) is 3.92. The van der Waals surface area contributed by atoms with Crippen molar-refractivity contribution in [2.75, 3.05) is 19.6 Å². The molecule has 1 aliphatic heterocycles. The van der Waals surface area contributed by atoms with Crippen LogP contribution in [0.3, 0.4) is 0 Å². The smallest absolute Gasteiger partial charge is 0.231 e. The average Bonchev–Trinajstić information content (AvgIpc) is 2.38. The summed E-state index contributed by atoms with van der Waals surface area (Å²) in [7, 11) is 0. The molecule has 1 fully saturated rings. The number of likely N-dealkylation sites (tertiary alicyclic amines) is 1. The molecule has 1 saturated heterocycles. The van der Waals surface area contributed by atoms with Crippen molar-refractivity contribution in [3.63, 3.8) is 0 Å². The van der Waals surface area contributed by atoms with Gasteiger partial charge in [0.25, 0.3) is 0 Å². The van der Waals surface area contributed by atoms with Crippen molar-refractivity contribution in [3.05, 3.63) is 30.1 Å². The summed E-state index contributed by atoms with van der Waals surface area (Å²) in [5.41, 5.74) is 6.25. The van der Waals surface area contributed by atoms with Crippen LogP contribution in [-0.4, -0.2) is 41.5 Å². The van der Waals surface area contributed by atoms with Crippen LogP contribution in [0, 0.1) is 0 Å². The Balaban J connectivity index is 1.69. The maximum atomic E-state index is 10.8. The number of carbonyl (C=O) groups is 1. The van der Waals surface area contributed by atoms with Crippen molar-refractivity contribution < 1.29 is 4.79 Å². The molecule has 2 rings (SSSR count). The van der Waals surface area contributed by atoms with E-state index in [1.807, 2.05) is 24.4 Å². The number of carbonyl (C=O) groups excluding carboxylic acids is 1. The van der Waals surface area contributed by atoms with Crippen molar-refractivity contribution in [2.45, 2.75) is 25.4 Å². The van der Waals surface area contributed by atoms with E-state index in [9.17, 15) is 4.79 Å². The zero-order valence-corrected chi connectivity index (χ0v) is 10.5. The van der Waals surface area contributed by atoms with E-state index in [0.717, 1.165) is 38.2 Å². The van der Waals surface area contributed by atoms with Gasteiger partial charge in [-0.2, -0.15) is 0 Å². The van der Waals surface area contributed by atoms with E-state index in [0.29, 0.717) is 12.6 Å². The lowest BCUT2D eigenvalue weighted by molar-refractivity contribution is -0.119. The molecule has 98 valence electrons. The van der Waals surface area contributed by atoms with Crippen LogP contribution in [0.5, 0.6) is 0 Å². The Bertz CT molecular complexity index is 374. The molecule has 5 nitrogen and oxygen atoms in total. The lowest BCUT2D eigenvalue weighted by atomic mass is 10.0. The van der Waals surface area contributed by atoms with Gasteiger partial charge in [0.05, 0.1) is 12.2 Å². The molecule has 2 heterocycles. The van der Waals surface area contributed by atoms with Gasteiger partial charge in [-0.15, -0.1) is 0 Å². The van der Waals surface area contributed by atoms with Gasteiger partial charge in [0.1, 0.15) is 0 Å². The van der Waals surface area contributed by atoms with Crippen LogP contribution in [0.4, 0.5) is 0 Å². The molecule has 0 aromatic carbocycles. The van der Waals surface area contributed by atoms with Gasteiger partial charge < -0.3 is 11.1 Å². The summed E-state index contributed by atoms with van der Waals surface area (Å²) in [5.74, 6) is -0.241. The molecule has 3 N–H and O–H groups in total. The lowest BCUT2D eigenvalue weighted by Crippen LogP contribution is -2.45. The number of primary amides is 1. The van der Waals surface area contributed by atoms with Gasteiger partial charge in [0.2, 0.25) is 5.91 Å². The number of rotatable bonds is 5. The molecule has 1 aromatic rings. The number of nitrogens with zero attached hydrogens (tertiary/aromatic N) is 2. The van der Waals surface area contributed by atoms with E-state index in [4.69, 9.17) is 5.73 Å². The largest absolute Gasteiger partial charge is 0.369 e. The number of hydrogen-bond acceptors (Lipinski definition) is 4. The normalized spacial score (nSPS) is 17.8. The number of pyridine rings is 1. The second-order valence-electron chi connectivity index (χ2n) is 4.72. The Morgan fingerprint density at radius 1 is 1.44 bits per heavy atom. The molecule has 0 saturated carbocycles. The first kappa shape index (κ1) is 13.0. The van der Waals surface area contributed by atoms with Gasteiger partial charge in [0, 0.05) is 31.9 Å². The molecule has 0 spiro atoms. The zero-order valence-electron chi connectivity index (χ0n) is 10.5. The van der Waals surface area contributed by atoms with Gasteiger partial charge >= 0.3 is 0 Å². The molecule has 0 atom stereocenters. The summed E-state index contributed by atoms with van der Waals surface area (Å²) in [5, 5.41) is 3.51. The summed E-state index contributed by atoms with van der Waals surface area (Å²) in [6.45, 7) is 3.06. The first-order valence-electron chi connectivity index (χ1n) is 6.38. The van der Waals surface area contributed by atoms with Crippen LogP contribution in [0.25, 0.3) is 0 Å². The first-order valence-corrected chi connectivity index (χ1v) is 6.38. The van der Waals surface area contributed by atoms with E-state index in [1.165, 1.54) is 0 Å². The van der Waals surface area contributed by atoms with E-state index >= 15 is 0 Å².